The molecule has 0 saturated heterocycles. The second-order valence-electron chi connectivity index (χ2n) is 5.55. The van der Waals surface area contributed by atoms with Crippen molar-refractivity contribution in [2.45, 2.75) is 19.8 Å². The van der Waals surface area contributed by atoms with Crippen molar-refractivity contribution < 1.29 is 14.3 Å². The van der Waals surface area contributed by atoms with Crippen molar-refractivity contribution in [3.63, 3.8) is 0 Å². The molecule has 1 amide bonds. The first-order valence-electron chi connectivity index (χ1n) is 8.67. The van der Waals surface area contributed by atoms with Crippen LogP contribution in [0.4, 0.5) is 0 Å². The van der Waals surface area contributed by atoms with Gasteiger partial charge in [0.05, 0.1) is 6.61 Å². The van der Waals surface area contributed by atoms with E-state index in [2.05, 4.69) is 17.5 Å². The predicted molar refractivity (Wildman–Crippen MR) is 104 cm³/mol. The molecule has 0 unspecified atom stereocenters. The van der Waals surface area contributed by atoms with Gasteiger partial charge in [0, 0.05) is 6.21 Å². The molecule has 0 aliphatic carbocycles. The lowest BCUT2D eigenvalue weighted by Gasteiger charge is -2.07. The van der Waals surface area contributed by atoms with Crippen LogP contribution in [0.3, 0.4) is 0 Å². The topological polar surface area (TPSA) is 59.9 Å². The van der Waals surface area contributed by atoms with Gasteiger partial charge in [-0.1, -0.05) is 49.8 Å². The molecule has 26 heavy (non-hydrogen) atoms. The number of ether oxygens (including phenoxy) is 2. The van der Waals surface area contributed by atoms with Crippen LogP contribution in [0, 0.1) is 0 Å². The number of hydrazone groups is 1. The van der Waals surface area contributed by atoms with Gasteiger partial charge in [-0.15, -0.1) is 0 Å². The van der Waals surface area contributed by atoms with Crippen molar-refractivity contribution in [2.24, 2.45) is 5.10 Å². The van der Waals surface area contributed by atoms with E-state index in [4.69, 9.17) is 9.47 Å². The van der Waals surface area contributed by atoms with Crippen molar-refractivity contribution in [2.75, 3.05) is 13.2 Å². The number of hydrogen-bond donors (Lipinski definition) is 1. The zero-order chi connectivity index (χ0) is 18.5. The molecule has 0 radical (unpaired) electrons. The SMILES string of the molecule is CCCCOc1ccc(OCC(=O)N/N=C/C=C/c2ccccc2)cc1. The molecule has 2 aromatic rings. The summed E-state index contributed by atoms with van der Waals surface area (Å²) in [5, 5.41) is 3.84. The van der Waals surface area contributed by atoms with Gasteiger partial charge in [-0.05, 0) is 42.3 Å². The van der Waals surface area contributed by atoms with Gasteiger partial charge in [0.15, 0.2) is 6.61 Å². The molecule has 0 heterocycles. The first-order valence-corrected chi connectivity index (χ1v) is 8.67. The summed E-state index contributed by atoms with van der Waals surface area (Å²) in [6, 6.07) is 17.1. The van der Waals surface area contributed by atoms with Crippen LogP contribution in [0.5, 0.6) is 11.5 Å². The maximum Gasteiger partial charge on any atom is 0.277 e. The third-order valence-corrected chi connectivity index (χ3v) is 3.40. The molecular formula is C21H24N2O3. The fraction of sp³-hybridized carbons (Fsp3) is 0.238. The molecule has 0 saturated carbocycles. The fourth-order valence-electron chi connectivity index (χ4n) is 2.02. The molecule has 0 bridgehead atoms. The molecule has 0 atom stereocenters. The zero-order valence-electron chi connectivity index (χ0n) is 14.9. The quantitative estimate of drug-likeness (QED) is 0.398. The van der Waals surface area contributed by atoms with E-state index in [0.717, 1.165) is 24.2 Å². The van der Waals surface area contributed by atoms with E-state index < -0.39 is 0 Å². The predicted octanol–water partition coefficient (Wildman–Crippen LogP) is 4.06. The molecule has 5 nitrogen and oxygen atoms in total. The number of benzene rings is 2. The zero-order valence-corrected chi connectivity index (χ0v) is 14.9. The van der Waals surface area contributed by atoms with Gasteiger partial charge >= 0.3 is 0 Å². The van der Waals surface area contributed by atoms with Crippen LogP contribution in [-0.2, 0) is 4.79 Å². The average Bonchev–Trinajstić information content (AvgIpc) is 2.68. The van der Waals surface area contributed by atoms with E-state index in [9.17, 15) is 4.79 Å². The number of nitrogens with zero attached hydrogens (tertiary/aromatic N) is 1. The van der Waals surface area contributed by atoms with Crippen LogP contribution in [0.1, 0.15) is 25.3 Å². The Bertz CT molecular complexity index is 710. The van der Waals surface area contributed by atoms with Gasteiger partial charge in [0.25, 0.3) is 5.91 Å². The van der Waals surface area contributed by atoms with E-state index >= 15 is 0 Å². The number of unbranched alkanes of at least 4 members (excludes halogenated alkanes) is 1. The molecular weight excluding hydrogens is 328 g/mol. The average molecular weight is 352 g/mol. The van der Waals surface area contributed by atoms with E-state index in [1.807, 2.05) is 48.5 Å². The van der Waals surface area contributed by atoms with Crippen LogP contribution >= 0.6 is 0 Å². The maximum atomic E-state index is 11.7. The Morgan fingerprint density at radius 1 is 1.04 bits per heavy atom. The number of allylic oxidation sites excluding steroid dienone is 1. The minimum Gasteiger partial charge on any atom is -0.494 e. The van der Waals surface area contributed by atoms with Crippen LogP contribution in [0.2, 0.25) is 0 Å². The summed E-state index contributed by atoms with van der Waals surface area (Å²) in [6.45, 7) is 2.72. The molecule has 0 aromatic heterocycles. The summed E-state index contributed by atoms with van der Waals surface area (Å²) in [5.74, 6) is 1.08. The van der Waals surface area contributed by atoms with Crippen molar-refractivity contribution in [1.82, 2.24) is 5.43 Å². The number of hydrogen-bond acceptors (Lipinski definition) is 4. The Kier molecular flexibility index (Phi) is 8.49. The minimum absolute atomic E-state index is 0.101. The fourth-order valence-corrected chi connectivity index (χ4v) is 2.02. The highest BCUT2D eigenvalue weighted by Crippen LogP contribution is 2.17. The highest BCUT2D eigenvalue weighted by atomic mass is 16.5. The van der Waals surface area contributed by atoms with Crippen molar-refractivity contribution >= 4 is 18.2 Å². The van der Waals surface area contributed by atoms with Gasteiger partial charge < -0.3 is 9.47 Å². The van der Waals surface area contributed by atoms with Crippen LogP contribution in [0.25, 0.3) is 6.08 Å². The third-order valence-electron chi connectivity index (χ3n) is 3.40. The first-order chi connectivity index (χ1) is 12.8. The first kappa shape index (κ1) is 19.2. The summed E-state index contributed by atoms with van der Waals surface area (Å²) < 4.78 is 11.0. The Balaban J connectivity index is 1.66. The largest absolute Gasteiger partial charge is 0.494 e. The monoisotopic (exact) mass is 352 g/mol. The van der Waals surface area contributed by atoms with Gasteiger partial charge in [-0.2, -0.15) is 5.10 Å². The van der Waals surface area contributed by atoms with Crippen LogP contribution in [-0.4, -0.2) is 25.3 Å². The van der Waals surface area contributed by atoms with Crippen molar-refractivity contribution in [1.29, 1.82) is 0 Å². The number of nitrogens with one attached hydrogen (secondary N) is 1. The highest BCUT2D eigenvalue weighted by Gasteiger charge is 2.01. The second-order valence-corrected chi connectivity index (χ2v) is 5.55. The molecule has 136 valence electrons. The molecule has 2 aromatic carbocycles. The maximum absolute atomic E-state index is 11.7. The normalized spacial score (nSPS) is 11.0. The number of rotatable bonds is 10. The lowest BCUT2D eigenvalue weighted by atomic mass is 10.2. The number of carbonyl (C=O) groups is 1. The number of carbonyl (C=O) groups excluding carboxylic acids is 1. The lowest BCUT2D eigenvalue weighted by molar-refractivity contribution is -0.123. The molecule has 1 N–H and O–H groups in total. The van der Waals surface area contributed by atoms with Crippen LogP contribution in [0.15, 0.2) is 65.8 Å². The number of amides is 1. The summed E-state index contributed by atoms with van der Waals surface area (Å²) in [7, 11) is 0. The van der Waals surface area contributed by atoms with E-state index in [-0.39, 0.29) is 12.5 Å². The van der Waals surface area contributed by atoms with Gasteiger partial charge in [0.2, 0.25) is 0 Å². The van der Waals surface area contributed by atoms with Gasteiger partial charge in [0.1, 0.15) is 11.5 Å². The molecule has 0 aliphatic heterocycles. The molecule has 0 fully saturated rings. The smallest absolute Gasteiger partial charge is 0.277 e. The summed E-state index contributed by atoms with van der Waals surface area (Å²) in [4.78, 5) is 11.7. The minimum atomic E-state index is -0.322. The Labute approximate surface area is 154 Å². The summed E-state index contributed by atoms with van der Waals surface area (Å²) in [6.07, 6.45) is 7.30. The Hall–Kier alpha value is -3.08. The molecule has 0 aliphatic rings. The summed E-state index contributed by atoms with van der Waals surface area (Å²) >= 11 is 0. The third kappa shape index (κ3) is 7.66. The second kappa shape index (κ2) is 11.5. The highest BCUT2D eigenvalue weighted by molar-refractivity contribution is 5.81. The Morgan fingerprint density at radius 2 is 1.73 bits per heavy atom. The Morgan fingerprint density at radius 3 is 2.42 bits per heavy atom. The van der Waals surface area contributed by atoms with Crippen LogP contribution < -0.4 is 14.9 Å². The van der Waals surface area contributed by atoms with E-state index in [0.29, 0.717) is 12.4 Å². The lowest BCUT2D eigenvalue weighted by Crippen LogP contribution is -2.24. The van der Waals surface area contributed by atoms with Crippen molar-refractivity contribution in [3.05, 3.63) is 66.2 Å². The van der Waals surface area contributed by atoms with Crippen molar-refractivity contribution in [3.8, 4) is 11.5 Å². The van der Waals surface area contributed by atoms with Gasteiger partial charge in [-0.3, -0.25) is 4.79 Å². The molecule has 2 rings (SSSR count). The molecule has 5 heteroatoms. The standard InChI is InChI=1S/C21H24N2O3/c1-2-3-16-25-19-11-13-20(14-12-19)26-17-21(24)23-22-15-7-10-18-8-5-4-6-9-18/h4-15H,2-3,16-17H2,1H3,(H,23,24)/b10-7+,22-15+. The summed E-state index contributed by atoms with van der Waals surface area (Å²) in [5.41, 5.74) is 3.48. The van der Waals surface area contributed by atoms with Gasteiger partial charge in [-0.25, -0.2) is 5.43 Å². The van der Waals surface area contributed by atoms with E-state index in [1.165, 1.54) is 6.21 Å². The molecule has 0 spiro atoms. The van der Waals surface area contributed by atoms with E-state index in [1.54, 1.807) is 18.2 Å².